The maximum atomic E-state index is 12.9. The van der Waals surface area contributed by atoms with E-state index in [9.17, 15) is 14.4 Å². The van der Waals surface area contributed by atoms with Gasteiger partial charge < -0.3 is 14.2 Å². The van der Waals surface area contributed by atoms with Crippen molar-refractivity contribution in [2.24, 2.45) is 0 Å². The lowest BCUT2D eigenvalue weighted by Crippen LogP contribution is -2.30. The van der Waals surface area contributed by atoms with Gasteiger partial charge in [-0.15, -0.1) is 0 Å². The molecule has 6 heteroatoms. The third-order valence-corrected chi connectivity index (χ3v) is 15.0. The largest absolute Gasteiger partial charge is 0.462 e. The third-order valence-electron chi connectivity index (χ3n) is 15.0. The van der Waals surface area contributed by atoms with Gasteiger partial charge in [-0.3, -0.25) is 14.4 Å². The van der Waals surface area contributed by atoms with E-state index >= 15 is 0 Å². The normalized spacial score (nSPS) is 12.4. The molecule has 0 N–H and O–H groups in total. The fraction of sp³-hybridized carbons (Fsp3) is 0.817. The molecule has 0 aliphatic carbocycles. The number of hydrogen-bond acceptors (Lipinski definition) is 6. The van der Waals surface area contributed by atoms with Gasteiger partial charge in [-0.05, 0) is 103 Å². The van der Waals surface area contributed by atoms with Crippen LogP contribution in [0.2, 0.25) is 0 Å². The standard InChI is InChI=1S/C71H128O6/c1-4-7-10-13-16-19-22-25-28-30-32-34-35-37-38-40-43-46-49-52-55-58-61-64-70(73)76-67-68(66-75-69(72)63-60-57-54-51-48-45-42-27-24-21-18-15-12-9-6-3)77-71(74)65-62-59-56-53-50-47-44-41-39-36-33-31-29-26-23-20-17-14-11-8-5-2/h9,12,18,21,27,30-33,42,68H,4-8,10-11,13-17,19-20,22-26,28-29,34-41,43-67H2,1-3H3/b12-9-,21-18-,32-30-,33-31-,42-27-. The number of rotatable bonds is 62. The van der Waals surface area contributed by atoms with Crippen molar-refractivity contribution in [3.8, 4) is 0 Å². The van der Waals surface area contributed by atoms with E-state index in [1.165, 1.54) is 218 Å². The highest BCUT2D eigenvalue weighted by Crippen LogP contribution is 2.17. The summed E-state index contributed by atoms with van der Waals surface area (Å²) in [6, 6.07) is 0. The highest BCUT2D eigenvalue weighted by molar-refractivity contribution is 5.71. The van der Waals surface area contributed by atoms with Gasteiger partial charge in [0.15, 0.2) is 6.10 Å². The van der Waals surface area contributed by atoms with Gasteiger partial charge in [-0.25, -0.2) is 0 Å². The molecule has 0 spiro atoms. The topological polar surface area (TPSA) is 78.9 Å². The van der Waals surface area contributed by atoms with E-state index in [-0.39, 0.29) is 31.1 Å². The van der Waals surface area contributed by atoms with Gasteiger partial charge in [0.1, 0.15) is 13.2 Å². The summed E-state index contributed by atoms with van der Waals surface area (Å²) in [5.41, 5.74) is 0. The van der Waals surface area contributed by atoms with E-state index in [0.29, 0.717) is 19.3 Å². The zero-order valence-corrected chi connectivity index (χ0v) is 51.5. The molecular weight excluding hydrogens is 949 g/mol. The van der Waals surface area contributed by atoms with E-state index in [0.717, 1.165) is 96.3 Å². The summed E-state index contributed by atoms with van der Waals surface area (Å²) in [5, 5.41) is 0. The molecule has 0 aliphatic heterocycles. The first kappa shape index (κ1) is 74.1. The van der Waals surface area contributed by atoms with Gasteiger partial charge in [0.25, 0.3) is 0 Å². The van der Waals surface area contributed by atoms with Crippen LogP contribution in [-0.2, 0) is 28.6 Å². The first-order valence-electron chi connectivity index (χ1n) is 33.8. The highest BCUT2D eigenvalue weighted by Gasteiger charge is 2.19. The van der Waals surface area contributed by atoms with Gasteiger partial charge in [0, 0.05) is 19.3 Å². The average Bonchev–Trinajstić information content (AvgIpc) is 3.43. The molecule has 0 aliphatic rings. The number of carbonyl (C=O) groups excluding carboxylic acids is 3. The molecule has 77 heavy (non-hydrogen) atoms. The maximum absolute atomic E-state index is 12.9. The molecule has 6 nitrogen and oxygen atoms in total. The molecule has 0 rings (SSSR count). The maximum Gasteiger partial charge on any atom is 0.306 e. The molecule has 0 saturated heterocycles. The Hall–Kier alpha value is -2.89. The molecule has 0 heterocycles. The van der Waals surface area contributed by atoms with Crippen molar-refractivity contribution in [3.63, 3.8) is 0 Å². The average molecular weight is 1080 g/mol. The minimum absolute atomic E-state index is 0.0788. The van der Waals surface area contributed by atoms with Crippen LogP contribution in [0.15, 0.2) is 60.8 Å². The second-order valence-corrected chi connectivity index (χ2v) is 22.7. The summed E-state index contributed by atoms with van der Waals surface area (Å²) in [7, 11) is 0. The van der Waals surface area contributed by atoms with Crippen molar-refractivity contribution < 1.29 is 28.6 Å². The second kappa shape index (κ2) is 65.6. The summed E-state index contributed by atoms with van der Waals surface area (Å²) < 4.78 is 17.0. The van der Waals surface area contributed by atoms with Crippen molar-refractivity contribution in [3.05, 3.63) is 60.8 Å². The second-order valence-electron chi connectivity index (χ2n) is 22.7. The van der Waals surface area contributed by atoms with Crippen LogP contribution in [0.3, 0.4) is 0 Å². The van der Waals surface area contributed by atoms with Crippen molar-refractivity contribution >= 4 is 17.9 Å². The Kier molecular flexibility index (Phi) is 63.2. The molecule has 0 saturated carbocycles. The summed E-state index contributed by atoms with van der Waals surface area (Å²) in [5.74, 6) is -0.880. The molecule has 0 radical (unpaired) electrons. The summed E-state index contributed by atoms with van der Waals surface area (Å²) >= 11 is 0. The van der Waals surface area contributed by atoms with E-state index in [4.69, 9.17) is 14.2 Å². The zero-order chi connectivity index (χ0) is 55.7. The lowest BCUT2D eigenvalue weighted by atomic mass is 10.0. The van der Waals surface area contributed by atoms with Gasteiger partial charge in [-0.2, -0.15) is 0 Å². The van der Waals surface area contributed by atoms with Crippen LogP contribution >= 0.6 is 0 Å². The third kappa shape index (κ3) is 63.8. The molecule has 1 atom stereocenters. The lowest BCUT2D eigenvalue weighted by Gasteiger charge is -2.18. The molecule has 0 amide bonds. The quantitative estimate of drug-likeness (QED) is 0.0261. The number of unbranched alkanes of at least 4 members (excludes halogenated alkanes) is 41. The van der Waals surface area contributed by atoms with Crippen LogP contribution in [0.4, 0.5) is 0 Å². The Morgan fingerprint density at radius 3 is 0.805 bits per heavy atom. The monoisotopic (exact) mass is 1080 g/mol. The van der Waals surface area contributed by atoms with Crippen molar-refractivity contribution in [2.75, 3.05) is 13.2 Å². The van der Waals surface area contributed by atoms with Crippen molar-refractivity contribution in [2.45, 2.75) is 361 Å². The van der Waals surface area contributed by atoms with Crippen LogP contribution in [0.5, 0.6) is 0 Å². The molecule has 448 valence electrons. The molecule has 0 fully saturated rings. The minimum Gasteiger partial charge on any atom is -0.462 e. The van der Waals surface area contributed by atoms with E-state index < -0.39 is 6.10 Å². The molecular formula is C71H128O6. The zero-order valence-electron chi connectivity index (χ0n) is 51.5. The number of esters is 3. The van der Waals surface area contributed by atoms with Gasteiger partial charge in [0.2, 0.25) is 0 Å². The smallest absolute Gasteiger partial charge is 0.306 e. The number of ether oxygens (including phenoxy) is 3. The first-order chi connectivity index (χ1) is 38.0. The molecule has 0 aromatic heterocycles. The van der Waals surface area contributed by atoms with Crippen LogP contribution < -0.4 is 0 Å². The molecule has 0 bridgehead atoms. The van der Waals surface area contributed by atoms with Gasteiger partial charge in [-0.1, -0.05) is 293 Å². The predicted octanol–water partition coefficient (Wildman–Crippen LogP) is 23.1. The van der Waals surface area contributed by atoms with Gasteiger partial charge in [0.05, 0.1) is 0 Å². The first-order valence-corrected chi connectivity index (χ1v) is 33.8. The van der Waals surface area contributed by atoms with E-state index in [1.807, 2.05) is 0 Å². The fourth-order valence-electron chi connectivity index (χ4n) is 9.92. The Morgan fingerprint density at radius 1 is 0.273 bits per heavy atom. The van der Waals surface area contributed by atoms with Crippen LogP contribution in [0.1, 0.15) is 355 Å². The Morgan fingerprint density at radius 2 is 0.506 bits per heavy atom. The summed E-state index contributed by atoms with van der Waals surface area (Å²) in [4.78, 5) is 38.4. The summed E-state index contributed by atoms with van der Waals surface area (Å²) in [6.07, 6.45) is 83.8. The van der Waals surface area contributed by atoms with Crippen LogP contribution in [-0.4, -0.2) is 37.2 Å². The van der Waals surface area contributed by atoms with Crippen LogP contribution in [0.25, 0.3) is 0 Å². The molecule has 1 unspecified atom stereocenters. The van der Waals surface area contributed by atoms with E-state index in [1.54, 1.807) is 0 Å². The highest BCUT2D eigenvalue weighted by atomic mass is 16.6. The lowest BCUT2D eigenvalue weighted by molar-refractivity contribution is -0.167. The fourth-order valence-corrected chi connectivity index (χ4v) is 9.92. The Bertz CT molecular complexity index is 1380. The molecule has 0 aromatic carbocycles. The Labute approximate surface area is 479 Å². The summed E-state index contributed by atoms with van der Waals surface area (Å²) in [6.45, 7) is 6.56. The minimum atomic E-state index is -0.784. The Balaban J connectivity index is 4.32. The number of carbonyl (C=O) groups is 3. The predicted molar refractivity (Wildman–Crippen MR) is 335 cm³/mol. The van der Waals surface area contributed by atoms with Crippen LogP contribution in [0, 0.1) is 0 Å². The van der Waals surface area contributed by atoms with E-state index in [2.05, 4.69) is 81.5 Å². The number of hydrogen-bond donors (Lipinski definition) is 0. The number of allylic oxidation sites excluding steroid dienone is 10. The van der Waals surface area contributed by atoms with Crippen molar-refractivity contribution in [1.82, 2.24) is 0 Å². The molecule has 0 aromatic rings. The SMILES string of the molecule is CC/C=C\C/C=C\C/C=C\CCCCCCCC(=O)OCC(COC(=O)CCCCCCCCCCCCC/C=C\CCCCCCCCCC)OC(=O)CCCCCCCCCCC/C=C\CCCCCCCCCC. The van der Waals surface area contributed by atoms with Crippen molar-refractivity contribution in [1.29, 1.82) is 0 Å². The van der Waals surface area contributed by atoms with Gasteiger partial charge >= 0.3 is 17.9 Å².